The number of hydrogen-bond donors (Lipinski definition) is 2. The Morgan fingerprint density at radius 1 is 0.955 bits per heavy atom. The Hall–Kier alpha value is -4.37. The Morgan fingerprint density at radius 2 is 1.70 bits per heavy atom. The largest absolute Gasteiger partial charge is 0.445 e. The number of carbonyl (C=O) groups excluding carboxylic acids is 2. The van der Waals surface area contributed by atoms with Gasteiger partial charge < -0.3 is 20.0 Å². The van der Waals surface area contributed by atoms with Crippen LogP contribution in [0.2, 0.25) is 0 Å². The zero-order valence-electron chi connectivity index (χ0n) is 25.5. The zero-order valence-corrected chi connectivity index (χ0v) is 25.5. The molecule has 44 heavy (non-hydrogen) atoms. The highest BCUT2D eigenvalue weighted by Gasteiger charge is 2.21. The van der Waals surface area contributed by atoms with Crippen LogP contribution < -0.4 is 10.6 Å². The summed E-state index contributed by atoms with van der Waals surface area (Å²) in [5.74, 6) is -1.70. The average Bonchev–Trinajstić information content (AvgIpc) is 3.56. The van der Waals surface area contributed by atoms with E-state index in [2.05, 4.69) is 47.7 Å². The van der Waals surface area contributed by atoms with Crippen molar-refractivity contribution in [3.63, 3.8) is 0 Å². The standard InChI is InChI=1S/C35H40F2N4O3/c1-4-6-13-41(3)35(43)29-20-27(19-28(21-29)34-39-12-14-44-34)33(42)40-32(18-26-16-30(36)22-31(37)17-26)10-11-38-23-25-9-7-8-24(5-2)15-25/h7-9,12,14-17,19-22,32,38H,4-6,10-11,13,18,23H2,1-3H3,(H,40,42). The monoisotopic (exact) mass is 602 g/mol. The quantitative estimate of drug-likeness (QED) is 0.150. The topological polar surface area (TPSA) is 87.5 Å². The average molecular weight is 603 g/mol. The molecule has 1 atom stereocenters. The second-order valence-electron chi connectivity index (χ2n) is 11.0. The number of aromatic nitrogens is 1. The van der Waals surface area contributed by atoms with Crippen molar-refractivity contribution in [2.24, 2.45) is 0 Å². The van der Waals surface area contributed by atoms with Gasteiger partial charge in [-0.1, -0.05) is 44.5 Å². The molecule has 9 heteroatoms. The van der Waals surface area contributed by atoms with Crippen LogP contribution in [0.1, 0.15) is 70.5 Å². The summed E-state index contributed by atoms with van der Waals surface area (Å²) in [6, 6.07) is 16.1. The fourth-order valence-electron chi connectivity index (χ4n) is 5.06. The van der Waals surface area contributed by atoms with Crippen LogP contribution in [0.15, 0.2) is 77.5 Å². The number of unbranched alkanes of at least 4 members (excludes halogenated alkanes) is 1. The molecule has 1 heterocycles. The third-order valence-electron chi connectivity index (χ3n) is 7.45. The second kappa shape index (κ2) is 15.9. The first-order chi connectivity index (χ1) is 21.2. The molecule has 2 N–H and O–H groups in total. The first-order valence-corrected chi connectivity index (χ1v) is 15.1. The molecule has 7 nitrogen and oxygen atoms in total. The Morgan fingerprint density at radius 3 is 2.41 bits per heavy atom. The molecule has 232 valence electrons. The molecule has 0 spiro atoms. The minimum absolute atomic E-state index is 0.218. The highest BCUT2D eigenvalue weighted by Crippen LogP contribution is 2.23. The van der Waals surface area contributed by atoms with E-state index in [4.69, 9.17) is 4.42 Å². The third kappa shape index (κ3) is 9.31. The molecule has 0 aliphatic carbocycles. The fourth-order valence-corrected chi connectivity index (χ4v) is 5.06. The van der Waals surface area contributed by atoms with E-state index in [1.54, 1.807) is 30.1 Å². The number of amides is 2. The number of nitrogens with zero attached hydrogens (tertiary/aromatic N) is 2. The maximum atomic E-state index is 14.0. The first-order valence-electron chi connectivity index (χ1n) is 15.1. The molecular formula is C35H40F2N4O3. The maximum absolute atomic E-state index is 14.0. The van der Waals surface area contributed by atoms with Crippen LogP contribution in [0.25, 0.3) is 11.5 Å². The van der Waals surface area contributed by atoms with Crippen LogP contribution >= 0.6 is 0 Å². The van der Waals surface area contributed by atoms with Crippen LogP contribution in [0.3, 0.4) is 0 Å². The minimum Gasteiger partial charge on any atom is -0.445 e. The van der Waals surface area contributed by atoms with Crippen molar-refractivity contribution in [1.82, 2.24) is 20.5 Å². The van der Waals surface area contributed by atoms with Gasteiger partial charge in [-0.15, -0.1) is 0 Å². The maximum Gasteiger partial charge on any atom is 0.253 e. The van der Waals surface area contributed by atoms with Gasteiger partial charge in [0.05, 0.1) is 6.20 Å². The van der Waals surface area contributed by atoms with Crippen LogP contribution in [0.4, 0.5) is 8.78 Å². The van der Waals surface area contributed by atoms with Crippen molar-refractivity contribution in [1.29, 1.82) is 0 Å². The number of oxazole rings is 1. The van der Waals surface area contributed by atoms with Gasteiger partial charge in [-0.05, 0) is 79.3 Å². The number of nitrogens with one attached hydrogen (secondary N) is 2. The molecule has 0 saturated carbocycles. The molecule has 0 aliphatic rings. The van der Waals surface area contributed by atoms with Gasteiger partial charge >= 0.3 is 0 Å². The molecule has 2 amide bonds. The lowest BCUT2D eigenvalue weighted by molar-refractivity contribution is 0.0793. The Kier molecular flexibility index (Phi) is 11.8. The number of benzene rings is 3. The van der Waals surface area contributed by atoms with Gasteiger partial charge in [0.1, 0.15) is 17.9 Å². The Labute approximate surface area is 257 Å². The molecule has 0 bridgehead atoms. The van der Waals surface area contributed by atoms with E-state index in [1.165, 1.54) is 30.2 Å². The number of halogens is 2. The summed E-state index contributed by atoms with van der Waals surface area (Å²) in [4.78, 5) is 32.8. The van der Waals surface area contributed by atoms with Gasteiger partial charge in [-0.3, -0.25) is 9.59 Å². The van der Waals surface area contributed by atoms with Crippen LogP contribution in [0, 0.1) is 11.6 Å². The molecule has 1 aromatic heterocycles. The van der Waals surface area contributed by atoms with E-state index in [9.17, 15) is 18.4 Å². The summed E-state index contributed by atoms with van der Waals surface area (Å²) in [7, 11) is 1.73. The predicted molar refractivity (Wildman–Crippen MR) is 167 cm³/mol. The molecule has 0 saturated heterocycles. The van der Waals surface area contributed by atoms with Crippen LogP contribution in [0.5, 0.6) is 0 Å². The number of hydrogen-bond acceptors (Lipinski definition) is 5. The summed E-state index contributed by atoms with van der Waals surface area (Å²) in [5, 5.41) is 6.46. The molecule has 4 aromatic rings. The molecule has 0 aliphatic heterocycles. The van der Waals surface area contributed by atoms with E-state index < -0.39 is 23.6 Å². The fraction of sp³-hybridized carbons (Fsp3) is 0.343. The van der Waals surface area contributed by atoms with Gasteiger partial charge in [0.25, 0.3) is 11.8 Å². The summed E-state index contributed by atoms with van der Waals surface area (Å²) >= 11 is 0. The zero-order chi connectivity index (χ0) is 31.5. The third-order valence-corrected chi connectivity index (χ3v) is 7.45. The van der Waals surface area contributed by atoms with E-state index >= 15 is 0 Å². The van der Waals surface area contributed by atoms with Crippen LogP contribution in [-0.4, -0.2) is 47.9 Å². The number of rotatable bonds is 15. The molecule has 0 radical (unpaired) electrons. The summed E-state index contributed by atoms with van der Waals surface area (Å²) < 4.78 is 33.5. The minimum atomic E-state index is -0.673. The van der Waals surface area contributed by atoms with E-state index in [-0.39, 0.29) is 23.8 Å². The lowest BCUT2D eigenvalue weighted by atomic mass is 10.0. The Bertz CT molecular complexity index is 1520. The van der Waals surface area contributed by atoms with Crippen molar-refractivity contribution in [3.05, 3.63) is 113 Å². The van der Waals surface area contributed by atoms with Gasteiger partial charge in [-0.25, -0.2) is 13.8 Å². The van der Waals surface area contributed by atoms with Crippen LogP contribution in [-0.2, 0) is 19.4 Å². The molecule has 1 unspecified atom stereocenters. The van der Waals surface area contributed by atoms with E-state index in [0.717, 1.165) is 30.9 Å². The van der Waals surface area contributed by atoms with Crippen molar-refractivity contribution < 1.29 is 22.8 Å². The summed E-state index contributed by atoms with van der Waals surface area (Å²) in [5.41, 5.74) is 3.93. The van der Waals surface area contributed by atoms with Gasteiger partial charge in [0, 0.05) is 48.9 Å². The number of carbonyl (C=O) groups is 2. The molecule has 0 fully saturated rings. The van der Waals surface area contributed by atoms with Gasteiger partial charge in [0.2, 0.25) is 5.89 Å². The van der Waals surface area contributed by atoms with Gasteiger partial charge in [0.15, 0.2) is 0 Å². The van der Waals surface area contributed by atoms with Crippen molar-refractivity contribution in [3.8, 4) is 11.5 Å². The SMILES string of the molecule is CCCCN(C)C(=O)c1cc(C(=O)NC(CCNCc2cccc(CC)c2)Cc2cc(F)cc(F)c2)cc(-c2ncco2)c1. The molecule has 4 rings (SSSR count). The van der Waals surface area contributed by atoms with E-state index in [0.29, 0.717) is 42.7 Å². The predicted octanol–water partition coefficient (Wildman–Crippen LogP) is 6.58. The molecule has 3 aromatic carbocycles. The smallest absolute Gasteiger partial charge is 0.253 e. The number of aryl methyl sites for hydroxylation is 1. The van der Waals surface area contributed by atoms with E-state index in [1.807, 2.05) is 6.07 Å². The van der Waals surface area contributed by atoms with Crippen molar-refractivity contribution >= 4 is 11.8 Å². The van der Waals surface area contributed by atoms with Crippen molar-refractivity contribution in [2.45, 2.75) is 58.5 Å². The normalized spacial score (nSPS) is 11.8. The first kappa shape index (κ1) is 32.5. The molecular weight excluding hydrogens is 562 g/mol. The lowest BCUT2D eigenvalue weighted by Gasteiger charge is -2.21. The summed E-state index contributed by atoms with van der Waals surface area (Å²) in [6.45, 7) is 5.96. The highest BCUT2D eigenvalue weighted by molar-refractivity contribution is 6.01. The lowest BCUT2D eigenvalue weighted by Crippen LogP contribution is -2.38. The Balaban J connectivity index is 1.54. The van der Waals surface area contributed by atoms with Gasteiger partial charge in [-0.2, -0.15) is 0 Å². The highest BCUT2D eigenvalue weighted by atomic mass is 19.1. The van der Waals surface area contributed by atoms with Crippen molar-refractivity contribution in [2.75, 3.05) is 20.1 Å². The summed E-state index contributed by atoms with van der Waals surface area (Å²) in [6.07, 6.45) is 6.40. The second-order valence-corrected chi connectivity index (χ2v) is 11.0.